The summed E-state index contributed by atoms with van der Waals surface area (Å²) in [4.78, 5) is 12.5. The third-order valence-electron chi connectivity index (χ3n) is 5.07. The molecule has 2 heterocycles. The number of aromatic nitrogens is 2. The molecule has 1 aromatic heterocycles. The number of benzene rings is 2. The van der Waals surface area contributed by atoms with E-state index in [4.69, 9.17) is 14.2 Å². The maximum atomic E-state index is 14.3. The van der Waals surface area contributed by atoms with Crippen LogP contribution >= 0.6 is 0 Å². The summed E-state index contributed by atoms with van der Waals surface area (Å²) in [5, 5.41) is 6.98. The Bertz CT molecular complexity index is 1130. The van der Waals surface area contributed by atoms with Crippen LogP contribution in [0.4, 0.5) is 14.6 Å². The van der Waals surface area contributed by atoms with Gasteiger partial charge in [0.1, 0.15) is 23.1 Å². The summed E-state index contributed by atoms with van der Waals surface area (Å²) in [5.74, 6) is -0.373. The highest BCUT2D eigenvalue weighted by Gasteiger charge is 2.33. The zero-order chi connectivity index (χ0) is 21.4. The Labute approximate surface area is 171 Å². The van der Waals surface area contributed by atoms with E-state index in [1.807, 2.05) is 0 Å². The fraction of sp³-hybridized carbons (Fsp3) is 0.238. The molecule has 1 unspecified atom stereocenters. The number of nitrogens with one attached hydrogen (secondary N) is 1. The summed E-state index contributed by atoms with van der Waals surface area (Å²) in [6, 6.07) is 6.60. The molecule has 9 heteroatoms. The van der Waals surface area contributed by atoms with E-state index in [2.05, 4.69) is 10.4 Å². The SMILES string of the molecule is COc1cc(OC)c(C2CC(=O)Nc3c2cnn3-c2ccc(F)cc2F)cc1OC. The molecule has 0 radical (unpaired) electrons. The molecule has 3 aromatic rings. The monoisotopic (exact) mass is 415 g/mol. The molecule has 0 saturated heterocycles. The highest BCUT2D eigenvalue weighted by molar-refractivity contribution is 5.95. The first kappa shape index (κ1) is 19.7. The molecular formula is C21H19F2N3O4. The van der Waals surface area contributed by atoms with Crippen LogP contribution in [0.2, 0.25) is 0 Å². The molecule has 1 atom stereocenters. The van der Waals surface area contributed by atoms with Crippen molar-refractivity contribution >= 4 is 11.7 Å². The van der Waals surface area contributed by atoms with Crippen molar-refractivity contribution in [2.45, 2.75) is 12.3 Å². The maximum Gasteiger partial charge on any atom is 0.226 e. The number of amides is 1. The van der Waals surface area contributed by atoms with Gasteiger partial charge < -0.3 is 19.5 Å². The number of hydrogen-bond acceptors (Lipinski definition) is 5. The fourth-order valence-corrected chi connectivity index (χ4v) is 3.66. The van der Waals surface area contributed by atoms with Crippen molar-refractivity contribution in [3.8, 4) is 22.9 Å². The van der Waals surface area contributed by atoms with Crippen molar-refractivity contribution in [2.24, 2.45) is 0 Å². The molecule has 0 fully saturated rings. The minimum absolute atomic E-state index is 0.0258. The number of nitrogens with zero attached hydrogens (tertiary/aromatic N) is 2. The third kappa shape index (κ3) is 3.22. The average Bonchev–Trinajstić information content (AvgIpc) is 3.15. The van der Waals surface area contributed by atoms with Crippen LogP contribution in [0.25, 0.3) is 5.69 Å². The number of halogens is 2. The number of rotatable bonds is 5. The van der Waals surface area contributed by atoms with E-state index in [0.717, 1.165) is 12.1 Å². The molecule has 0 aliphatic carbocycles. The molecule has 7 nitrogen and oxygen atoms in total. The molecular weight excluding hydrogens is 396 g/mol. The van der Waals surface area contributed by atoms with Crippen molar-refractivity contribution < 1.29 is 27.8 Å². The first-order valence-corrected chi connectivity index (χ1v) is 9.10. The molecule has 1 amide bonds. The summed E-state index contributed by atoms with van der Waals surface area (Å²) >= 11 is 0. The van der Waals surface area contributed by atoms with Gasteiger partial charge in [-0.15, -0.1) is 0 Å². The molecule has 0 spiro atoms. The number of anilines is 1. The molecule has 1 aliphatic rings. The number of methoxy groups -OCH3 is 3. The lowest BCUT2D eigenvalue weighted by Gasteiger charge is -2.26. The minimum atomic E-state index is -0.791. The Morgan fingerprint density at radius 3 is 2.37 bits per heavy atom. The van der Waals surface area contributed by atoms with Gasteiger partial charge in [-0.2, -0.15) is 5.10 Å². The number of carbonyl (C=O) groups excluding carboxylic acids is 1. The predicted molar refractivity (Wildman–Crippen MR) is 105 cm³/mol. The Balaban J connectivity index is 1.86. The van der Waals surface area contributed by atoms with E-state index in [-0.39, 0.29) is 18.0 Å². The topological polar surface area (TPSA) is 74.6 Å². The lowest BCUT2D eigenvalue weighted by atomic mass is 9.86. The van der Waals surface area contributed by atoms with Crippen LogP contribution in [0.5, 0.6) is 17.2 Å². The van der Waals surface area contributed by atoms with Gasteiger partial charge in [0.15, 0.2) is 17.3 Å². The van der Waals surface area contributed by atoms with Gasteiger partial charge in [-0.1, -0.05) is 0 Å². The summed E-state index contributed by atoms with van der Waals surface area (Å²) in [6.07, 6.45) is 1.69. The second-order valence-electron chi connectivity index (χ2n) is 6.71. The second-order valence-corrected chi connectivity index (χ2v) is 6.71. The van der Waals surface area contributed by atoms with E-state index in [0.29, 0.717) is 34.2 Å². The van der Waals surface area contributed by atoms with Crippen LogP contribution in [0.1, 0.15) is 23.5 Å². The van der Waals surface area contributed by atoms with Crippen molar-refractivity contribution in [3.63, 3.8) is 0 Å². The van der Waals surface area contributed by atoms with Crippen molar-refractivity contribution in [1.29, 1.82) is 0 Å². The molecule has 1 N–H and O–H groups in total. The lowest BCUT2D eigenvalue weighted by molar-refractivity contribution is -0.116. The van der Waals surface area contributed by atoms with Crippen molar-refractivity contribution in [1.82, 2.24) is 9.78 Å². The van der Waals surface area contributed by atoms with E-state index < -0.39 is 17.6 Å². The van der Waals surface area contributed by atoms with Crippen LogP contribution in [-0.4, -0.2) is 37.0 Å². The first-order chi connectivity index (χ1) is 14.5. The van der Waals surface area contributed by atoms with Crippen molar-refractivity contribution in [3.05, 3.63) is 59.3 Å². The standard InChI is InChI=1S/C21H19F2N3O4/c1-28-17-9-19(30-3)18(29-2)7-13(17)12-8-20(27)25-21-14(12)10-24-26(21)16-5-4-11(22)6-15(16)23/h4-7,9-10,12H,8H2,1-3H3,(H,25,27). The molecule has 4 rings (SSSR count). The largest absolute Gasteiger partial charge is 0.496 e. The Kier molecular flexibility index (Phi) is 5.03. The normalized spacial score (nSPS) is 15.4. The zero-order valence-electron chi connectivity index (χ0n) is 16.5. The van der Waals surface area contributed by atoms with Crippen LogP contribution in [0, 0.1) is 11.6 Å². The zero-order valence-corrected chi connectivity index (χ0v) is 16.5. The van der Waals surface area contributed by atoms with Gasteiger partial charge in [-0.05, 0) is 18.2 Å². The number of ether oxygens (including phenoxy) is 3. The first-order valence-electron chi connectivity index (χ1n) is 9.10. The fourth-order valence-electron chi connectivity index (χ4n) is 3.66. The van der Waals surface area contributed by atoms with Gasteiger partial charge in [-0.25, -0.2) is 13.5 Å². The number of carbonyl (C=O) groups is 1. The Hall–Kier alpha value is -3.62. The molecule has 2 aromatic carbocycles. The van der Waals surface area contributed by atoms with E-state index >= 15 is 0 Å². The number of fused-ring (bicyclic) bond motifs is 1. The van der Waals surface area contributed by atoms with Crippen LogP contribution in [-0.2, 0) is 4.79 Å². The highest BCUT2D eigenvalue weighted by atomic mass is 19.1. The number of hydrogen-bond donors (Lipinski definition) is 1. The smallest absolute Gasteiger partial charge is 0.226 e. The van der Waals surface area contributed by atoms with Crippen molar-refractivity contribution in [2.75, 3.05) is 26.6 Å². The van der Waals surface area contributed by atoms with E-state index in [1.165, 1.54) is 32.1 Å². The van der Waals surface area contributed by atoms with Gasteiger partial charge in [0, 0.05) is 35.6 Å². The Morgan fingerprint density at radius 2 is 1.70 bits per heavy atom. The summed E-state index contributed by atoms with van der Waals surface area (Å²) in [5.41, 5.74) is 1.40. The summed E-state index contributed by atoms with van der Waals surface area (Å²) < 4.78 is 45.1. The third-order valence-corrected chi connectivity index (χ3v) is 5.07. The quantitative estimate of drug-likeness (QED) is 0.689. The van der Waals surface area contributed by atoms with Gasteiger partial charge >= 0.3 is 0 Å². The van der Waals surface area contributed by atoms with Crippen LogP contribution in [0.15, 0.2) is 36.5 Å². The molecule has 156 valence electrons. The molecule has 0 saturated carbocycles. The molecule has 0 bridgehead atoms. The van der Waals surface area contributed by atoms with Crippen LogP contribution < -0.4 is 19.5 Å². The van der Waals surface area contributed by atoms with Gasteiger partial charge in [0.25, 0.3) is 0 Å². The molecule has 30 heavy (non-hydrogen) atoms. The lowest BCUT2D eigenvalue weighted by Crippen LogP contribution is -2.25. The van der Waals surface area contributed by atoms with E-state index in [9.17, 15) is 13.6 Å². The summed E-state index contributed by atoms with van der Waals surface area (Å²) in [6.45, 7) is 0. The predicted octanol–water partition coefficient (Wildman–Crippen LogP) is 3.65. The molecule has 1 aliphatic heterocycles. The minimum Gasteiger partial charge on any atom is -0.496 e. The van der Waals surface area contributed by atoms with Gasteiger partial charge in [-0.3, -0.25) is 4.79 Å². The summed E-state index contributed by atoms with van der Waals surface area (Å²) in [7, 11) is 4.55. The highest BCUT2D eigenvalue weighted by Crippen LogP contribution is 2.45. The van der Waals surface area contributed by atoms with Crippen LogP contribution in [0.3, 0.4) is 0 Å². The maximum absolute atomic E-state index is 14.3. The van der Waals surface area contributed by atoms with Gasteiger partial charge in [0.05, 0.1) is 27.5 Å². The van der Waals surface area contributed by atoms with E-state index in [1.54, 1.807) is 18.3 Å². The second kappa shape index (κ2) is 7.66. The van der Waals surface area contributed by atoms with Gasteiger partial charge in [0.2, 0.25) is 5.91 Å². The Morgan fingerprint density at radius 1 is 1.00 bits per heavy atom. The average molecular weight is 415 g/mol.